The van der Waals surface area contributed by atoms with Gasteiger partial charge in [0.1, 0.15) is 11.6 Å². The third-order valence-corrected chi connectivity index (χ3v) is 4.81. The number of Topliss-reactive ketones (excluding diaryl/α,β-unsaturated/α-hetero) is 1. The SMILES string of the molecule is COCCCN1C(=O)C(=O)/C(=C(/O)c2ccc(C)cc2)C1c1ccccc1F. The molecule has 1 aliphatic rings. The van der Waals surface area contributed by atoms with Crippen LogP contribution in [0.4, 0.5) is 4.39 Å². The third kappa shape index (κ3) is 3.68. The first-order valence-electron chi connectivity index (χ1n) is 9.04. The first kappa shape index (κ1) is 19.8. The van der Waals surface area contributed by atoms with Crippen LogP contribution in [0.5, 0.6) is 0 Å². The minimum Gasteiger partial charge on any atom is -0.507 e. The van der Waals surface area contributed by atoms with Gasteiger partial charge in [0.2, 0.25) is 0 Å². The van der Waals surface area contributed by atoms with Gasteiger partial charge in [-0.3, -0.25) is 9.59 Å². The van der Waals surface area contributed by atoms with Crippen molar-refractivity contribution in [3.05, 3.63) is 76.6 Å². The Morgan fingerprint density at radius 2 is 1.82 bits per heavy atom. The van der Waals surface area contributed by atoms with Crippen molar-refractivity contribution in [1.82, 2.24) is 4.90 Å². The minimum atomic E-state index is -0.987. The van der Waals surface area contributed by atoms with Crippen LogP contribution < -0.4 is 0 Å². The Kier molecular flexibility index (Phi) is 5.90. The summed E-state index contributed by atoms with van der Waals surface area (Å²) in [6.45, 7) is 2.50. The number of hydrogen-bond donors (Lipinski definition) is 1. The molecule has 1 atom stereocenters. The lowest BCUT2D eigenvalue weighted by Crippen LogP contribution is -2.31. The highest BCUT2D eigenvalue weighted by molar-refractivity contribution is 6.46. The molecule has 0 aliphatic carbocycles. The van der Waals surface area contributed by atoms with Crippen LogP contribution in [0, 0.1) is 12.7 Å². The van der Waals surface area contributed by atoms with Gasteiger partial charge >= 0.3 is 0 Å². The Labute approximate surface area is 163 Å². The van der Waals surface area contributed by atoms with Gasteiger partial charge in [0.15, 0.2) is 0 Å². The summed E-state index contributed by atoms with van der Waals surface area (Å²) in [4.78, 5) is 26.7. The number of carbonyl (C=O) groups excluding carboxylic acids is 2. The highest BCUT2D eigenvalue weighted by Crippen LogP contribution is 2.40. The Hall–Kier alpha value is -2.99. The standard InChI is InChI=1S/C22H22FNO4/c1-14-8-10-15(11-9-14)20(25)18-19(16-6-3-4-7-17(16)23)24(12-5-13-28-2)22(27)21(18)26/h3-4,6-11,19,25H,5,12-13H2,1-2H3/b20-18+. The fraction of sp³-hybridized carbons (Fsp3) is 0.273. The average molecular weight is 383 g/mol. The van der Waals surface area contributed by atoms with Crippen molar-refractivity contribution in [2.45, 2.75) is 19.4 Å². The van der Waals surface area contributed by atoms with Gasteiger partial charge in [-0.05, 0) is 19.4 Å². The van der Waals surface area contributed by atoms with Gasteiger partial charge in [-0.25, -0.2) is 4.39 Å². The molecule has 1 unspecified atom stereocenters. The van der Waals surface area contributed by atoms with Crippen LogP contribution in [-0.4, -0.2) is 42.0 Å². The summed E-state index contributed by atoms with van der Waals surface area (Å²) in [5.74, 6) is -2.41. The molecule has 1 amide bonds. The summed E-state index contributed by atoms with van der Waals surface area (Å²) in [7, 11) is 1.54. The van der Waals surface area contributed by atoms with Crippen molar-refractivity contribution in [1.29, 1.82) is 0 Å². The van der Waals surface area contributed by atoms with Crippen LogP contribution in [0.25, 0.3) is 5.76 Å². The molecular weight excluding hydrogens is 361 g/mol. The fourth-order valence-corrected chi connectivity index (χ4v) is 3.38. The average Bonchev–Trinajstić information content (AvgIpc) is 2.93. The van der Waals surface area contributed by atoms with Gasteiger partial charge < -0.3 is 14.7 Å². The van der Waals surface area contributed by atoms with E-state index in [1.54, 1.807) is 37.4 Å². The molecule has 2 aromatic carbocycles. The lowest BCUT2D eigenvalue weighted by Gasteiger charge is -2.25. The van der Waals surface area contributed by atoms with E-state index in [2.05, 4.69) is 0 Å². The van der Waals surface area contributed by atoms with E-state index in [0.717, 1.165) is 5.56 Å². The quantitative estimate of drug-likeness (QED) is 0.358. The highest BCUT2D eigenvalue weighted by atomic mass is 19.1. The van der Waals surface area contributed by atoms with Crippen molar-refractivity contribution in [2.24, 2.45) is 0 Å². The number of methoxy groups -OCH3 is 1. The monoisotopic (exact) mass is 383 g/mol. The summed E-state index contributed by atoms with van der Waals surface area (Å²) < 4.78 is 19.6. The molecule has 5 nitrogen and oxygen atoms in total. The van der Waals surface area contributed by atoms with Gasteiger partial charge in [-0.2, -0.15) is 0 Å². The second-order valence-electron chi connectivity index (χ2n) is 6.73. The van der Waals surface area contributed by atoms with Gasteiger partial charge in [0.25, 0.3) is 11.7 Å². The van der Waals surface area contributed by atoms with E-state index in [-0.39, 0.29) is 23.4 Å². The minimum absolute atomic E-state index is 0.101. The molecule has 1 N–H and O–H groups in total. The van der Waals surface area contributed by atoms with Gasteiger partial charge in [0, 0.05) is 31.4 Å². The summed E-state index contributed by atoms with van der Waals surface area (Å²) in [5, 5.41) is 10.8. The largest absolute Gasteiger partial charge is 0.507 e. The van der Waals surface area contributed by atoms with Crippen LogP contribution in [0.3, 0.4) is 0 Å². The molecule has 0 radical (unpaired) electrons. The first-order valence-corrected chi connectivity index (χ1v) is 9.04. The number of aliphatic hydroxyl groups excluding tert-OH is 1. The number of nitrogens with zero attached hydrogens (tertiary/aromatic N) is 1. The van der Waals surface area contributed by atoms with Crippen LogP contribution in [0.1, 0.15) is 29.2 Å². The van der Waals surface area contributed by atoms with Crippen LogP contribution in [0.15, 0.2) is 54.1 Å². The van der Waals surface area contributed by atoms with E-state index in [1.807, 2.05) is 6.92 Å². The predicted molar refractivity (Wildman–Crippen MR) is 103 cm³/mol. The number of hydrogen-bond acceptors (Lipinski definition) is 4. The highest BCUT2D eigenvalue weighted by Gasteiger charge is 2.46. The van der Waals surface area contributed by atoms with E-state index in [1.165, 1.54) is 23.1 Å². The maximum atomic E-state index is 14.6. The summed E-state index contributed by atoms with van der Waals surface area (Å²) >= 11 is 0. The summed E-state index contributed by atoms with van der Waals surface area (Å²) in [6.07, 6.45) is 0.485. The molecule has 1 fully saturated rings. The van der Waals surface area contributed by atoms with Gasteiger partial charge in [-0.15, -0.1) is 0 Å². The number of aryl methyl sites for hydroxylation is 1. The topological polar surface area (TPSA) is 66.8 Å². The molecule has 6 heteroatoms. The third-order valence-electron chi connectivity index (χ3n) is 4.81. The number of ketones is 1. The molecule has 2 aromatic rings. The normalized spacial score (nSPS) is 18.7. The van der Waals surface area contributed by atoms with Gasteiger partial charge in [-0.1, -0.05) is 48.0 Å². The Bertz CT molecular complexity index is 920. The van der Waals surface area contributed by atoms with E-state index >= 15 is 0 Å². The van der Waals surface area contributed by atoms with Crippen LogP contribution in [0.2, 0.25) is 0 Å². The van der Waals surface area contributed by atoms with Crippen molar-refractivity contribution in [2.75, 3.05) is 20.3 Å². The maximum absolute atomic E-state index is 14.6. The Morgan fingerprint density at radius 3 is 2.46 bits per heavy atom. The van der Waals surface area contributed by atoms with Crippen molar-refractivity contribution in [3.8, 4) is 0 Å². The van der Waals surface area contributed by atoms with Crippen LogP contribution >= 0.6 is 0 Å². The molecule has 0 aromatic heterocycles. The lowest BCUT2D eigenvalue weighted by molar-refractivity contribution is -0.140. The van der Waals surface area contributed by atoms with Crippen LogP contribution in [-0.2, 0) is 14.3 Å². The maximum Gasteiger partial charge on any atom is 0.295 e. The summed E-state index contributed by atoms with van der Waals surface area (Å²) in [6, 6.07) is 11.9. The number of benzene rings is 2. The van der Waals surface area contributed by atoms with Crippen molar-refractivity contribution in [3.63, 3.8) is 0 Å². The number of amides is 1. The molecule has 0 bridgehead atoms. The zero-order valence-electron chi connectivity index (χ0n) is 15.8. The molecule has 1 saturated heterocycles. The second-order valence-corrected chi connectivity index (χ2v) is 6.73. The van der Waals surface area contributed by atoms with Crippen molar-refractivity contribution >= 4 is 17.4 Å². The molecule has 146 valence electrons. The summed E-state index contributed by atoms with van der Waals surface area (Å²) in [5.41, 5.74) is 1.47. The Morgan fingerprint density at radius 1 is 1.14 bits per heavy atom. The number of rotatable bonds is 6. The lowest BCUT2D eigenvalue weighted by atomic mass is 9.94. The molecule has 28 heavy (non-hydrogen) atoms. The van der Waals surface area contributed by atoms with E-state index < -0.39 is 23.5 Å². The molecule has 3 rings (SSSR count). The number of aliphatic hydroxyl groups is 1. The number of ether oxygens (including phenoxy) is 1. The molecule has 0 saturated carbocycles. The first-order chi connectivity index (χ1) is 13.5. The molecular formula is C22H22FNO4. The fourth-order valence-electron chi connectivity index (χ4n) is 3.38. The van der Waals surface area contributed by atoms with E-state index in [0.29, 0.717) is 18.6 Å². The van der Waals surface area contributed by atoms with Gasteiger partial charge in [0.05, 0.1) is 11.6 Å². The zero-order valence-corrected chi connectivity index (χ0v) is 15.8. The van der Waals surface area contributed by atoms with E-state index in [4.69, 9.17) is 4.74 Å². The van der Waals surface area contributed by atoms with Crippen molar-refractivity contribution < 1.29 is 23.8 Å². The molecule has 1 aliphatic heterocycles. The van der Waals surface area contributed by atoms with E-state index in [9.17, 15) is 19.1 Å². The smallest absolute Gasteiger partial charge is 0.295 e. The second kappa shape index (κ2) is 8.35. The predicted octanol–water partition coefficient (Wildman–Crippen LogP) is 3.59. The number of carbonyl (C=O) groups is 2. The molecule has 1 heterocycles. The Balaban J connectivity index is 2.14. The molecule has 0 spiro atoms. The zero-order chi connectivity index (χ0) is 20.3. The number of likely N-dealkylation sites (tertiary alicyclic amines) is 1. The number of halogens is 1.